The van der Waals surface area contributed by atoms with Crippen LogP contribution in [-0.2, 0) is 9.53 Å². The van der Waals surface area contributed by atoms with Crippen LogP contribution >= 0.6 is 0 Å². The van der Waals surface area contributed by atoms with Crippen molar-refractivity contribution in [2.45, 2.75) is 6.92 Å². The fourth-order valence-electron chi connectivity index (χ4n) is 2.41. The normalized spacial score (nSPS) is 10.8. The van der Waals surface area contributed by atoms with E-state index in [0.29, 0.717) is 5.69 Å². The van der Waals surface area contributed by atoms with Crippen LogP contribution in [0, 0.1) is 5.82 Å². The number of amides is 1. The van der Waals surface area contributed by atoms with Crippen LogP contribution in [0.2, 0.25) is 0 Å². The molecule has 1 N–H and O–H groups in total. The summed E-state index contributed by atoms with van der Waals surface area (Å²) in [4.78, 5) is 23.7. The monoisotopic (exact) mass is 379 g/mol. The molecule has 1 aromatic heterocycles. The second-order valence-electron chi connectivity index (χ2n) is 5.79. The van der Waals surface area contributed by atoms with Gasteiger partial charge in [0.2, 0.25) is 5.91 Å². The standard InChI is InChI=1S/C21H18FN3O3/c1-2-28-21(27)19-13-14-25(24-19)18-10-8-17(9-11-18)23-20(26)12-5-15-3-6-16(22)7-4-15/h3-14H,2H2,1H3,(H,23,26)/b12-5+. The van der Waals surface area contributed by atoms with Crippen molar-refractivity contribution in [1.29, 1.82) is 0 Å². The van der Waals surface area contributed by atoms with Gasteiger partial charge in [0, 0.05) is 18.0 Å². The van der Waals surface area contributed by atoms with E-state index in [1.807, 2.05) is 0 Å². The molecule has 0 aliphatic carbocycles. The maximum atomic E-state index is 12.9. The lowest BCUT2D eigenvalue weighted by Crippen LogP contribution is -2.08. The number of esters is 1. The van der Waals surface area contributed by atoms with Gasteiger partial charge in [-0.3, -0.25) is 4.79 Å². The molecule has 3 rings (SSSR count). The summed E-state index contributed by atoms with van der Waals surface area (Å²) in [6, 6.07) is 14.4. The highest BCUT2D eigenvalue weighted by Crippen LogP contribution is 2.14. The third-order valence-corrected chi connectivity index (χ3v) is 3.77. The summed E-state index contributed by atoms with van der Waals surface area (Å²) in [5.74, 6) is -1.10. The average molecular weight is 379 g/mol. The van der Waals surface area contributed by atoms with Crippen LogP contribution in [0.3, 0.4) is 0 Å². The van der Waals surface area contributed by atoms with Gasteiger partial charge in [-0.2, -0.15) is 5.10 Å². The first-order valence-corrected chi connectivity index (χ1v) is 8.63. The summed E-state index contributed by atoms with van der Waals surface area (Å²) in [5.41, 5.74) is 2.29. The number of carbonyl (C=O) groups is 2. The van der Waals surface area contributed by atoms with Crippen molar-refractivity contribution in [3.63, 3.8) is 0 Å². The predicted molar refractivity (Wildman–Crippen MR) is 104 cm³/mol. The molecule has 1 heterocycles. The largest absolute Gasteiger partial charge is 0.461 e. The van der Waals surface area contributed by atoms with Crippen LogP contribution in [0.1, 0.15) is 23.0 Å². The van der Waals surface area contributed by atoms with Crippen LogP contribution < -0.4 is 5.32 Å². The minimum atomic E-state index is -0.474. The van der Waals surface area contributed by atoms with Crippen molar-refractivity contribution in [2.75, 3.05) is 11.9 Å². The second kappa shape index (κ2) is 8.77. The van der Waals surface area contributed by atoms with Gasteiger partial charge in [-0.1, -0.05) is 12.1 Å². The molecule has 0 atom stereocenters. The molecule has 28 heavy (non-hydrogen) atoms. The molecule has 0 saturated carbocycles. The summed E-state index contributed by atoms with van der Waals surface area (Å²) in [5, 5.41) is 6.91. The van der Waals surface area contributed by atoms with Crippen LogP contribution in [0.15, 0.2) is 66.9 Å². The van der Waals surface area contributed by atoms with Crippen LogP contribution in [0.4, 0.5) is 10.1 Å². The molecule has 0 saturated heterocycles. The smallest absolute Gasteiger partial charge is 0.358 e. The SMILES string of the molecule is CCOC(=O)c1ccn(-c2ccc(NC(=O)/C=C/c3ccc(F)cc3)cc2)n1. The van der Waals surface area contributed by atoms with Crippen molar-refractivity contribution in [1.82, 2.24) is 9.78 Å². The minimum absolute atomic E-state index is 0.227. The van der Waals surface area contributed by atoms with E-state index >= 15 is 0 Å². The molecule has 0 spiro atoms. The second-order valence-corrected chi connectivity index (χ2v) is 5.79. The van der Waals surface area contributed by atoms with Crippen molar-refractivity contribution in [2.24, 2.45) is 0 Å². The molecule has 3 aromatic rings. The zero-order valence-corrected chi connectivity index (χ0v) is 15.1. The number of hydrogen-bond donors (Lipinski definition) is 1. The first kappa shape index (κ1) is 19.0. The first-order chi connectivity index (χ1) is 13.5. The number of carbonyl (C=O) groups excluding carboxylic acids is 2. The third kappa shape index (κ3) is 4.91. The Balaban J connectivity index is 1.62. The molecule has 0 fully saturated rings. The summed E-state index contributed by atoms with van der Waals surface area (Å²) < 4.78 is 19.3. The van der Waals surface area contributed by atoms with Gasteiger partial charge in [-0.25, -0.2) is 13.9 Å². The molecule has 1 amide bonds. The topological polar surface area (TPSA) is 73.2 Å². The van der Waals surface area contributed by atoms with Gasteiger partial charge in [0.1, 0.15) is 5.82 Å². The number of aromatic nitrogens is 2. The van der Waals surface area contributed by atoms with Crippen molar-refractivity contribution >= 4 is 23.6 Å². The molecular formula is C21H18FN3O3. The number of benzene rings is 2. The zero-order chi connectivity index (χ0) is 19.9. The Morgan fingerprint density at radius 1 is 1.11 bits per heavy atom. The quantitative estimate of drug-likeness (QED) is 0.522. The molecule has 7 heteroatoms. The lowest BCUT2D eigenvalue weighted by atomic mass is 10.2. The van der Waals surface area contributed by atoms with Gasteiger partial charge in [-0.15, -0.1) is 0 Å². The van der Waals surface area contributed by atoms with Crippen molar-refractivity contribution in [3.05, 3.63) is 83.9 Å². The Morgan fingerprint density at radius 3 is 2.50 bits per heavy atom. The Hall–Kier alpha value is -3.74. The van der Waals surface area contributed by atoms with E-state index in [9.17, 15) is 14.0 Å². The number of halogens is 1. The molecule has 0 radical (unpaired) electrons. The van der Waals surface area contributed by atoms with E-state index in [2.05, 4.69) is 10.4 Å². The van der Waals surface area contributed by atoms with Gasteiger partial charge >= 0.3 is 5.97 Å². The highest BCUT2D eigenvalue weighted by molar-refractivity contribution is 6.01. The van der Waals surface area contributed by atoms with Gasteiger partial charge in [0.25, 0.3) is 0 Å². The van der Waals surface area contributed by atoms with Crippen LogP contribution in [0.25, 0.3) is 11.8 Å². The number of rotatable bonds is 6. The molecular weight excluding hydrogens is 361 g/mol. The molecule has 0 unspecified atom stereocenters. The fraction of sp³-hybridized carbons (Fsp3) is 0.0952. The van der Waals surface area contributed by atoms with Gasteiger partial charge in [0.15, 0.2) is 5.69 Å². The van der Waals surface area contributed by atoms with E-state index in [4.69, 9.17) is 4.74 Å². The molecule has 6 nitrogen and oxygen atoms in total. The Morgan fingerprint density at radius 2 is 1.82 bits per heavy atom. The lowest BCUT2D eigenvalue weighted by molar-refractivity contribution is -0.111. The third-order valence-electron chi connectivity index (χ3n) is 3.77. The number of nitrogens with zero attached hydrogens (tertiary/aromatic N) is 2. The molecule has 0 aliphatic heterocycles. The lowest BCUT2D eigenvalue weighted by Gasteiger charge is -2.05. The van der Waals surface area contributed by atoms with E-state index < -0.39 is 5.97 Å². The number of ether oxygens (including phenoxy) is 1. The average Bonchev–Trinajstić information content (AvgIpc) is 3.19. The molecule has 2 aromatic carbocycles. The Bertz CT molecular complexity index is 992. The number of hydrogen-bond acceptors (Lipinski definition) is 4. The van der Waals surface area contributed by atoms with E-state index in [0.717, 1.165) is 11.3 Å². The fourth-order valence-corrected chi connectivity index (χ4v) is 2.41. The highest BCUT2D eigenvalue weighted by atomic mass is 19.1. The summed E-state index contributed by atoms with van der Waals surface area (Å²) in [7, 11) is 0. The van der Waals surface area contributed by atoms with Gasteiger partial charge in [-0.05, 0) is 61.0 Å². The van der Waals surface area contributed by atoms with Crippen molar-refractivity contribution in [3.8, 4) is 5.69 Å². The molecule has 142 valence electrons. The zero-order valence-electron chi connectivity index (χ0n) is 15.1. The van der Waals surface area contributed by atoms with Gasteiger partial charge in [0.05, 0.1) is 12.3 Å². The molecule has 0 aliphatic rings. The Kier molecular flexibility index (Phi) is 5.96. The number of anilines is 1. The summed E-state index contributed by atoms with van der Waals surface area (Å²) >= 11 is 0. The summed E-state index contributed by atoms with van der Waals surface area (Å²) in [6.07, 6.45) is 4.63. The van der Waals surface area contributed by atoms with Gasteiger partial charge < -0.3 is 10.1 Å². The maximum absolute atomic E-state index is 12.9. The maximum Gasteiger partial charge on any atom is 0.358 e. The van der Waals surface area contributed by atoms with E-state index in [1.165, 1.54) is 18.2 Å². The number of nitrogens with one attached hydrogen (secondary N) is 1. The molecule has 0 bridgehead atoms. The predicted octanol–water partition coefficient (Wildman–Crippen LogP) is 3.84. The first-order valence-electron chi connectivity index (χ1n) is 8.63. The summed E-state index contributed by atoms with van der Waals surface area (Å²) in [6.45, 7) is 2.02. The van der Waals surface area contributed by atoms with Crippen LogP contribution in [-0.4, -0.2) is 28.3 Å². The Labute approximate surface area is 161 Å². The van der Waals surface area contributed by atoms with E-state index in [1.54, 1.807) is 66.3 Å². The highest BCUT2D eigenvalue weighted by Gasteiger charge is 2.10. The van der Waals surface area contributed by atoms with E-state index in [-0.39, 0.29) is 24.0 Å². The minimum Gasteiger partial charge on any atom is -0.461 e. The van der Waals surface area contributed by atoms with Crippen LogP contribution in [0.5, 0.6) is 0 Å². The van der Waals surface area contributed by atoms with Crippen molar-refractivity contribution < 1.29 is 18.7 Å².